The Morgan fingerprint density at radius 1 is 1.60 bits per heavy atom. The second-order valence-electron chi connectivity index (χ2n) is 3.43. The van der Waals surface area contributed by atoms with Crippen LogP contribution in [0.3, 0.4) is 0 Å². The molecule has 1 aliphatic heterocycles. The van der Waals surface area contributed by atoms with E-state index < -0.39 is 10.1 Å². The highest BCUT2D eigenvalue weighted by molar-refractivity contribution is 7.86. The van der Waals surface area contributed by atoms with Gasteiger partial charge in [-0.15, -0.1) is 0 Å². The van der Waals surface area contributed by atoms with E-state index in [1.54, 1.807) is 6.92 Å². The number of hydroxylamine groups is 2. The molecule has 1 rings (SSSR count). The standard InChI is InChI=1S/C8H18N2O4S/c1-2-15(12,13)14-10-5-4-9-7-8(10)3-6-11/h8-9,11H,2-7H2,1H3. The zero-order valence-corrected chi connectivity index (χ0v) is 9.66. The van der Waals surface area contributed by atoms with Gasteiger partial charge in [-0.1, -0.05) is 0 Å². The molecule has 0 radical (unpaired) electrons. The van der Waals surface area contributed by atoms with Gasteiger partial charge in [-0.25, -0.2) is 0 Å². The third-order valence-corrected chi connectivity index (χ3v) is 3.45. The SMILES string of the molecule is CCS(=O)(=O)ON1CCNCC1CCO. The van der Waals surface area contributed by atoms with Crippen molar-refractivity contribution >= 4 is 10.1 Å². The summed E-state index contributed by atoms with van der Waals surface area (Å²) in [6, 6.07) is -0.0786. The van der Waals surface area contributed by atoms with Gasteiger partial charge in [0.2, 0.25) is 0 Å². The number of aliphatic hydroxyl groups is 1. The largest absolute Gasteiger partial charge is 0.396 e. The van der Waals surface area contributed by atoms with Crippen LogP contribution in [0, 0.1) is 0 Å². The fourth-order valence-electron chi connectivity index (χ4n) is 1.43. The van der Waals surface area contributed by atoms with Crippen LogP contribution in [0.2, 0.25) is 0 Å². The highest BCUT2D eigenvalue weighted by Crippen LogP contribution is 2.10. The van der Waals surface area contributed by atoms with Gasteiger partial charge >= 0.3 is 0 Å². The molecule has 1 heterocycles. The average Bonchev–Trinajstić information content (AvgIpc) is 2.21. The van der Waals surface area contributed by atoms with Crippen molar-refractivity contribution in [1.29, 1.82) is 0 Å². The van der Waals surface area contributed by atoms with Crippen LogP contribution in [0.15, 0.2) is 0 Å². The predicted octanol–water partition coefficient (Wildman–Crippen LogP) is -1.08. The van der Waals surface area contributed by atoms with Crippen LogP contribution in [0.4, 0.5) is 0 Å². The molecule has 0 amide bonds. The van der Waals surface area contributed by atoms with E-state index in [0.29, 0.717) is 26.1 Å². The zero-order valence-electron chi connectivity index (χ0n) is 8.85. The molecule has 0 bridgehead atoms. The second kappa shape index (κ2) is 5.76. The molecule has 1 atom stereocenters. The van der Waals surface area contributed by atoms with Gasteiger partial charge in [0.1, 0.15) is 0 Å². The van der Waals surface area contributed by atoms with Gasteiger partial charge in [-0.2, -0.15) is 17.8 Å². The summed E-state index contributed by atoms with van der Waals surface area (Å²) in [4.78, 5) is 0. The van der Waals surface area contributed by atoms with Crippen LogP contribution in [0.25, 0.3) is 0 Å². The maximum atomic E-state index is 11.3. The Balaban J connectivity index is 2.56. The number of aliphatic hydroxyl groups excluding tert-OH is 1. The quantitative estimate of drug-likeness (QED) is 0.634. The summed E-state index contributed by atoms with van der Waals surface area (Å²) in [5, 5.41) is 13.4. The van der Waals surface area contributed by atoms with Crippen LogP contribution in [-0.2, 0) is 14.4 Å². The van der Waals surface area contributed by atoms with E-state index in [0.717, 1.165) is 0 Å². The van der Waals surface area contributed by atoms with Crippen molar-refractivity contribution in [2.24, 2.45) is 0 Å². The summed E-state index contributed by atoms with van der Waals surface area (Å²) in [6.07, 6.45) is 0.506. The first kappa shape index (κ1) is 12.9. The summed E-state index contributed by atoms with van der Waals surface area (Å²) in [6.45, 7) is 3.42. The Bertz CT molecular complexity index is 278. The smallest absolute Gasteiger partial charge is 0.283 e. The van der Waals surface area contributed by atoms with E-state index in [1.807, 2.05) is 0 Å². The lowest BCUT2D eigenvalue weighted by Gasteiger charge is -2.33. The van der Waals surface area contributed by atoms with Crippen molar-refractivity contribution in [3.63, 3.8) is 0 Å². The lowest BCUT2D eigenvalue weighted by molar-refractivity contribution is -0.105. The molecule has 7 heteroatoms. The molecule has 0 saturated carbocycles. The van der Waals surface area contributed by atoms with Crippen LogP contribution < -0.4 is 5.32 Å². The summed E-state index contributed by atoms with van der Waals surface area (Å²) < 4.78 is 27.5. The number of nitrogens with zero attached hydrogens (tertiary/aromatic N) is 1. The van der Waals surface area contributed by atoms with Gasteiger partial charge < -0.3 is 10.4 Å². The van der Waals surface area contributed by atoms with Gasteiger partial charge in [-0.3, -0.25) is 0 Å². The molecule has 15 heavy (non-hydrogen) atoms. The molecule has 1 fully saturated rings. The average molecular weight is 238 g/mol. The molecular weight excluding hydrogens is 220 g/mol. The minimum Gasteiger partial charge on any atom is -0.396 e. The van der Waals surface area contributed by atoms with Crippen LogP contribution in [-0.4, -0.2) is 56.6 Å². The number of rotatable bonds is 5. The third kappa shape index (κ3) is 4.04. The number of piperazine rings is 1. The molecular formula is C8H18N2O4S. The lowest BCUT2D eigenvalue weighted by atomic mass is 10.2. The van der Waals surface area contributed by atoms with Crippen LogP contribution in [0.1, 0.15) is 13.3 Å². The highest BCUT2D eigenvalue weighted by Gasteiger charge is 2.26. The Morgan fingerprint density at radius 2 is 2.33 bits per heavy atom. The van der Waals surface area contributed by atoms with Crippen molar-refractivity contribution in [3.8, 4) is 0 Å². The molecule has 2 N–H and O–H groups in total. The Hall–Kier alpha value is -0.210. The molecule has 1 unspecified atom stereocenters. The summed E-state index contributed by atoms with van der Waals surface area (Å²) in [5.74, 6) is -0.0389. The molecule has 90 valence electrons. The van der Waals surface area contributed by atoms with E-state index in [1.165, 1.54) is 5.06 Å². The molecule has 1 aliphatic rings. The molecule has 0 aromatic rings. The van der Waals surface area contributed by atoms with E-state index >= 15 is 0 Å². The Kier molecular flexibility index (Phi) is 4.94. The number of hydrogen-bond donors (Lipinski definition) is 2. The maximum absolute atomic E-state index is 11.3. The van der Waals surface area contributed by atoms with Crippen LogP contribution >= 0.6 is 0 Å². The van der Waals surface area contributed by atoms with Gasteiger partial charge in [-0.05, 0) is 13.3 Å². The van der Waals surface area contributed by atoms with E-state index in [2.05, 4.69) is 5.32 Å². The van der Waals surface area contributed by atoms with E-state index in [9.17, 15) is 8.42 Å². The van der Waals surface area contributed by atoms with Crippen molar-refractivity contribution in [2.75, 3.05) is 32.0 Å². The van der Waals surface area contributed by atoms with Crippen LogP contribution in [0.5, 0.6) is 0 Å². The second-order valence-corrected chi connectivity index (χ2v) is 5.27. The first-order chi connectivity index (χ1) is 7.09. The molecule has 0 aliphatic carbocycles. The Labute approximate surface area is 90.3 Å². The molecule has 0 aromatic carbocycles. The molecule has 0 spiro atoms. The third-order valence-electron chi connectivity index (χ3n) is 2.32. The molecule has 0 aromatic heterocycles. The first-order valence-electron chi connectivity index (χ1n) is 5.09. The van der Waals surface area contributed by atoms with Gasteiger partial charge in [0, 0.05) is 26.2 Å². The zero-order chi connectivity index (χ0) is 11.3. The van der Waals surface area contributed by atoms with Gasteiger partial charge in [0.05, 0.1) is 11.8 Å². The van der Waals surface area contributed by atoms with Crippen molar-refractivity contribution in [1.82, 2.24) is 10.4 Å². The fraction of sp³-hybridized carbons (Fsp3) is 1.00. The van der Waals surface area contributed by atoms with Gasteiger partial charge in [0.25, 0.3) is 10.1 Å². The molecule has 1 saturated heterocycles. The summed E-state index contributed by atoms with van der Waals surface area (Å²) in [5.41, 5.74) is 0. The number of nitrogens with one attached hydrogen (secondary N) is 1. The van der Waals surface area contributed by atoms with Gasteiger partial charge in [0.15, 0.2) is 0 Å². The number of hydrogen-bond acceptors (Lipinski definition) is 6. The summed E-state index contributed by atoms with van der Waals surface area (Å²) >= 11 is 0. The maximum Gasteiger partial charge on any atom is 0.283 e. The first-order valence-corrected chi connectivity index (χ1v) is 6.67. The normalized spacial score (nSPS) is 24.3. The van der Waals surface area contributed by atoms with E-state index in [4.69, 9.17) is 9.39 Å². The lowest BCUT2D eigenvalue weighted by Crippen LogP contribution is -2.52. The highest BCUT2D eigenvalue weighted by atomic mass is 32.2. The van der Waals surface area contributed by atoms with E-state index in [-0.39, 0.29) is 18.4 Å². The predicted molar refractivity (Wildman–Crippen MR) is 55.6 cm³/mol. The monoisotopic (exact) mass is 238 g/mol. The minimum absolute atomic E-state index is 0.0262. The van der Waals surface area contributed by atoms with Crippen molar-refractivity contribution in [2.45, 2.75) is 19.4 Å². The van der Waals surface area contributed by atoms with Crippen molar-refractivity contribution in [3.05, 3.63) is 0 Å². The Morgan fingerprint density at radius 3 is 2.93 bits per heavy atom. The van der Waals surface area contributed by atoms with Crippen molar-refractivity contribution < 1.29 is 17.8 Å². The minimum atomic E-state index is -3.45. The summed E-state index contributed by atoms with van der Waals surface area (Å²) in [7, 11) is -3.45. The molecule has 6 nitrogen and oxygen atoms in total. The topological polar surface area (TPSA) is 78.9 Å². The fourth-order valence-corrected chi connectivity index (χ4v) is 2.03.